The van der Waals surface area contributed by atoms with Gasteiger partial charge in [0.15, 0.2) is 23.8 Å². The minimum Gasteiger partial charge on any atom is -0.756 e. The first-order valence-electron chi connectivity index (χ1n) is 6.88. The molecule has 2 aromatic heterocycles. The van der Waals surface area contributed by atoms with Gasteiger partial charge >= 0.3 is 0 Å². The van der Waals surface area contributed by atoms with Crippen molar-refractivity contribution in [1.82, 2.24) is 24.6 Å². The number of nitrogens with two attached hydrogens (primary N) is 1. The molecule has 4 atom stereocenters. The van der Waals surface area contributed by atoms with Crippen LogP contribution in [-0.2, 0) is 9.53 Å². The van der Waals surface area contributed by atoms with E-state index in [0.717, 1.165) is 0 Å². The van der Waals surface area contributed by atoms with Gasteiger partial charge in [-0.3, -0.25) is 9.36 Å². The average molecular weight is 323 g/mol. The van der Waals surface area contributed by atoms with E-state index in [9.17, 15) is 20.2 Å². The molecule has 1 amide bonds. The minimum atomic E-state index is -1.55. The van der Waals surface area contributed by atoms with E-state index in [-0.39, 0.29) is 23.1 Å². The molecular weight excluding hydrogens is 308 g/mol. The molecule has 1 aliphatic heterocycles. The number of hydrogen-bond donors (Lipinski definition) is 3. The second-order valence-electron chi connectivity index (χ2n) is 5.04. The third-order valence-electron chi connectivity index (χ3n) is 3.68. The van der Waals surface area contributed by atoms with Gasteiger partial charge in [-0.05, 0) is 6.92 Å². The predicted octanol–water partition coefficient (Wildman–Crippen LogP) is -1.63. The fraction of sp³-hybridized carbons (Fsp3) is 0.500. The summed E-state index contributed by atoms with van der Waals surface area (Å²) in [6.07, 6.45) is -3.08. The smallest absolute Gasteiger partial charge is 0.244 e. The van der Waals surface area contributed by atoms with Gasteiger partial charge in [-0.15, -0.1) is 0 Å². The maximum absolute atomic E-state index is 11.9. The number of nitrogens with zero attached hydrogens (tertiary/aromatic N) is 5. The van der Waals surface area contributed by atoms with Crippen LogP contribution in [0.5, 0.6) is 0 Å². The largest absolute Gasteiger partial charge is 0.756 e. The van der Waals surface area contributed by atoms with Crippen molar-refractivity contribution in [2.45, 2.75) is 31.5 Å². The van der Waals surface area contributed by atoms with Crippen LogP contribution >= 0.6 is 0 Å². The molecule has 0 aromatic carbocycles. The Hall–Kier alpha value is -2.34. The Morgan fingerprint density at radius 2 is 2.17 bits per heavy atom. The standard InChI is InChI=1S/C12H15N6O5/c1-2-18(22)11(21)8-6(19)7(20)12(23-8)17-4-16-5-9(13)14-3-15-10(5)17/h3-4,6-8,12,19-20H,2H2,1H3,(H2,13,14,15)/q-1/t6-,7+,8-,12+/m0/s1. The summed E-state index contributed by atoms with van der Waals surface area (Å²) < 4.78 is 6.72. The van der Waals surface area contributed by atoms with Crippen LogP contribution in [0, 0.1) is 5.21 Å². The second-order valence-corrected chi connectivity index (χ2v) is 5.04. The van der Waals surface area contributed by atoms with Crippen LogP contribution in [0.1, 0.15) is 13.2 Å². The molecule has 1 fully saturated rings. The number of rotatable bonds is 3. The third-order valence-corrected chi connectivity index (χ3v) is 3.68. The summed E-state index contributed by atoms with van der Waals surface area (Å²) in [6.45, 7) is 1.40. The Balaban J connectivity index is 1.94. The maximum atomic E-state index is 11.9. The number of aromatic nitrogens is 4. The van der Waals surface area contributed by atoms with Gasteiger partial charge in [0.05, 0.1) is 6.33 Å². The van der Waals surface area contributed by atoms with Crippen LogP contribution in [0.3, 0.4) is 0 Å². The van der Waals surface area contributed by atoms with Gasteiger partial charge in [-0.25, -0.2) is 15.0 Å². The van der Waals surface area contributed by atoms with E-state index in [1.807, 2.05) is 0 Å². The van der Waals surface area contributed by atoms with Crippen molar-refractivity contribution in [2.24, 2.45) is 0 Å². The third kappa shape index (κ3) is 2.39. The molecule has 4 N–H and O–H groups in total. The van der Waals surface area contributed by atoms with Crippen LogP contribution in [0.15, 0.2) is 12.7 Å². The van der Waals surface area contributed by atoms with Gasteiger partial charge in [0.2, 0.25) is 5.91 Å². The molecule has 2 aromatic rings. The fourth-order valence-electron chi connectivity index (χ4n) is 2.45. The normalized spacial score (nSPS) is 27.5. The zero-order chi connectivity index (χ0) is 16.7. The minimum absolute atomic E-state index is 0.0933. The van der Waals surface area contributed by atoms with Crippen molar-refractivity contribution in [2.75, 3.05) is 12.3 Å². The van der Waals surface area contributed by atoms with E-state index in [0.29, 0.717) is 5.52 Å². The summed E-state index contributed by atoms with van der Waals surface area (Å²) in [5.41, 5.74) is 6.25. The highest BCUT2D eigenvalue weighted by atomic mass is 16.6. The number of amides is 1. The summed E-state index contributed by atoms with van der Waals surface area (Å²) in [5.74, 6) is -0.814. The molecule has 0 aliphatic carbocycles. The van der Waals surface area contributed by atoms with Gasteiger partial charge in [0, 0.05) is 6.54 Å². The summed E-state index contributed by atoms with van der Waals surface area (Å²) >= 11 is 0. The first-order valence-corrected chi connectivity index (χ1v) is 6.88. The van der Waals surface area contributed by atoms with Crippen molar-refractivity contribution in [3.63, 3.8) is 0 Å². The SMILES string of the molecule is CCN([O-])C(=O)[C@H]1O[C@@H](n2cnc3c(N)ncnc32)[C@H](O)[C@@H]1O. The highest BCUT2D eigenvalue weighted by Gasteiger charge is 2.47. The summed E-state index contributed by atoms with van der Waals surface area (Å²) in [4.78, 5) is 23.7. The monoisotopic (exact) mass is 323 g/mol. The number of fused-ring (bicyclic) bond motifs is 1. The molecule has 0 spiro atoms. The van der Waals surface area contributed by atoms with Crippen LogP contribution in [0.4, 0.5) is 5.82 Å². The number of aliphatic hydroxyl groups excluding tert-OH is 2. The highest BCUT2D eigenvalue weighted by molar-refractivity contribution is 5.83. The molecule has 3 heterocycles. The molecule has 23 heavy (non-hydrogen) atoms. The first-order chi connectivity index (χ1) is 11.0. The quantitative estimate of drug-likeness (QED) is 0.563. The molecule has 1 saturated heterocycles. The number of aliphatic hydroxyl groups is 2. The van der Waals surface area contributed by atoms with E-state index in [4.69, 9.17) is 10.5 Å². The van der Waals surface area contributed by atoms with E-state index >= 15 is 0 Å². The number of nitrogen functional groups attached to an aromatic ring is 1. The molecule has 0 radical (unpaired) electrons. The molecule has 0 bridgehead atoms. The molecular formula is C12H15N6O5-. The molecule has 11 nitrogen and oxygen atoms in total. The number of ether oxygens (including phenoxy) is 1. The number of carbonyl (C=O) groups is 1. The van der Waals surface area contributed by atoms with Gasteiger partial charge in [-0.2, -0.15) is 0 Å². The lowest BCUT2D eigenvalue weighted by Gasteiger charge is -2.29. The topological polar surface area (TPSA) is 163 Å². The molecule has 0 unspecified atom stereocenters. The second kappa shape index (κ2) is 5.70. The maximum Gasteiger partial charge on any atom is 0.244 e. The molecule has 3 rings (SSSR count). The molecule has 1 aliphatic rings. The van der Waals surface area contributed by atoms with E-state index in [2.05, 4.69) is 15.0 Å². The van der Waals surface area contributed by atoms with Crippen molar-refractivity contribution in [3.8, 4) is 0 Å². The van der Waals surface area contributed by atoms with Crippen molar-refractivity contribution in [1.29, 1.82) is 0 Å². The molecule has 124 valence electrons. The van der Waals surface area contributed by atoms with Crippen LogP contribution < -0.4 is 5.73 Å². The number of hydrogen-bond acceptors (Lipinski definition) is 9. The summed E-state index contributed by atoms with van der Waals surface area (Å²) in [6, 6.07) is 0. The van der Waals surface area contributed by atoms with Crippen molar-refractivity contribution < 1.29 is 19.7 Å². The lowest BCUT2D eigenvalue weighted by Crippen LogP contribution is -2.42. The lowest BCUT2D eigenvalue weighted by atomic mass is 10.1. The van der Waals surface area contributed by atoms with Crippen LogP contribution in [0.25, 0.3) is 11.2 Å². The zero-order valence-corrected chi connectivity index (χ0v) is 12.1. The van der Waals surface area contributed by atoms with E-state index in [1.54, 1.807) is 0 Å². The van der Waals surface area contributed by atoms with Gasteiger partial charge < -0.3 is 31.0 Å². The van der Waals surface area contributed by atoms with E-state index in [1.165, 1.54) is 24.1 Å². The predicted molar refractivity (Wildman–Crippen MR) is 76.4 cm³/mol. The Labute approximate surface area is 129 Å². The molecule has 0 saturated carbocycles. The highest BCUT2D eigenvalue weighted by Crippen LogP contribution is 2.32. The number of hydroxylamine groups is 2. The molecule has 11 heteroatoms. The lowest BCUT2D eigenvalue weighted by molar-refractivity contribution is -0.145. The number of carbonyl (C=O) groups excluding carboxylic acids is 1. The Bertz CT molecular complexity index is 736. The Morgan fingerprint density at radius 1 is 1.43 bits per heavy atom. The van der Waals surface area contributed by atoms with Crippen molar-refractivity contribution >= 4 is 22.9 Å². The number of anilines is 1. The van der Waals surface area contributed by atoms with Gasteiger partial charge in [0.1, 0.15) is 24.1 Å². The van der Waals surface area contributed by atoms with Crippen LogP contribution in [0.2, 0.25) is 0 Å². The summed E-state index contributed by atoms with van der Waals surface area (Å²) in [7, 11) is 0. The Kier molecular flexibility index (Phi) is 3.85. The average Bonchev–Trinajstić information content (AvgIpc) is 3.09. The van der Waals surface area contributed by atoms with Gasteiger partial charge in [-0.1, -0.05) is 0 Å². The Morgan fingerprint density at radius 3 is 2.87 bits per heavy atom. The van der Waals surface area contributed by atoms with E-state index < -0.39 is 30.4 Å². The van der Waals surface area contributed by atoms with Crippen LogP contribution in [-0.4, -0.2) is 65.6 Å². The zero-order valence-electron chi connectivity index (χ0n) is 12.1. The number of likely N-dealkylation sites (N-methyl/N-ethyl adjacent to an activating group) is 1. The first kappa shape index (κ1) is 15.6. The van der Waals surface area contributed by atoms with Gasteiger partial charge in [0.25, 0.3) is 0 Å². The fourth-order valence-corrected chi connectivity index (χ4v) is 2.45. The number of imidazole rings is 1. The van der Waals surface area contributed by atoms with Crippen molar-refractivity contribution in [3.05, 3.63) is 17.9 Å². The summed E-state index contributed by atoms with van der Waals surface area (Å²) in [5, 5.41) is 31.8.